The number of methoxy groups -OCH3 is 2. The Morgan fingerprint density at radius 2 is 1.89 bits per heavy atom. The molecule has 0 aromatic heterocycles. The second-order valence-corrected chi connectivity index (χ2v) is 4.48. The summed E-state index contributed by atoms with van der Waals surface area (Å²) in [5.41, 5.74) is 2.00. The van der Waals surface area contributed by atoms with Crippen LogP contribution in [0.3, 0.4) is 0 Å². The van der Waals surface area contributed by atoms with Gasteiger partial charge in [0.05, 0.1) is 14.2 Å². The van der Waals surface area contributed by atoms with Gasteiger partial charge in [-0.15, -0.1) is 0 Å². The standard InChI is InChI=1S/C15H16ClNO2/c1-18-14-5-3-4-13(9-14)17-10-11-8-12(16)6-7-15(11)19-2/h3-9,17H,10H2,1-2H3. The minimum absolute atomic E-state index is 0.636. The molecule has 0 heterocycles. The summed E-state index contributed by atoms with van der Waals surface area (Å²) in [5, 5.41) is 4.02. The lowest BCUT2D eigenvalue weighted by molar-refractivity contribution is 0.410. The quantitative estimate of drug-likeness (QED) is 0.897. The second kappa shape index (κ2) is 6.34. The van der Waals surface area contributed by atoms with E-state index in [2.05, 4.69) is 5.32 Å². The average Bonchev–Trinajstić information content (AvgIpc) is 2.45. The van der Waals surface area contributed by atoms with E-state index in [1.54, 1.807) is 14.2 Å². The van der Waals surface area contributed by atoms with Crippen molar-refractivity contribution in [2.75, 3.05) is 19.5 Å². The summed E-state index contributed by atoms with van der Waals surface area (Å²) in [6.45, 7) is 0.636. The molecule has 2 rings (SSSR count). The van der Waals surface area contributed by atoms with Crippen molar-refractivity contribution in [3.63, 3.8) is 0 Å². The van der Waals surface area contributed by atoms with E-state index in [-0.39, 0.29) is 0 Å². The molecule has 2 aromatic carbocycles. The summed E-state index contributed by atoms with van der Waals surface area (Å²) in [6, 6.07) is 13.4. The van der Waals surface area contributed by atoms with Crippen LogP contribution in [-0.2, 0) is 6.54 Å². The highest BCUT2D eigenvalue weighted by atomic mass is 35.5. The van der Waals surface area contributed by atoms with Gasteiger partial charge < -0.3 is 14.8 Å². The van der Waals surface area contributed by atoms with Crippen LogP contribution in [0.1, 0.15) is 5.56 Å². The molecule has 0 fully saturated rings. The molecule has 0 atom stereocenters. The molecule has 1 N–H and O–H groups in total. The normalized spacial score (nSPS) is 10.1. The summed E-state index contributed by atoms with van der Waals surface area (Å²) in [5.74, 6) is 1.64. The van der Waals surface area contributed by atoms with Gasteiger partial charge in [0.15, 0.2) is 0 Å². The third-order valence-corrected chi connectivity index (χ3v) is 3.03. The molecule has 0 aliphatic rings. The fourth-order valence-electron chi connectivity index (χ4n) is 1.82. The summed E-state index contributed by atoms with van der Waals surface area (Å²) >= 11 is 6.00. The molecule has 0 unspecified atom stereocenters. The summed E-state index contributed by atoms with van der Waals surface area (Å²) in [6.07, 6.45) is 0. The minimum Gasteiger partial charge on any atom is -0.497 e. The molecule has 0 spiro atoms. The van der Waals surface area contributed by atoms with Gasteiger partial charge in [-0.2, -0.15) is 0 Å². The van der Waals surface area contributed by atoms with Gasteiger partial charge in [0.2, 0.25) is 0 Å². The predicted molar refractivity (Wildman–Crippen MR) is 78.3 cm³/mol. The van der Waals surface area contributed by atoms with Crippen LogP contribution >= 0.6 is 11.6 Å². The Morgan fingerprint density at radius 3 is 2.63 bits per heavy atom. The Hall–Kier alpha value is -1.87. The lowest BCUT2D eigenvalue weighted by Gasteiger charge is -2.11. The number of hydrogen-bond acceptors (Lipinski definition) is 3. The number of ether oxygens (including phenoxy) is 2. The summed E-state index contributed by atoms with van der Waals surface area (Å²) < 4.78 is 10.5. The van der Waals surface area contributed by atoms with Crippen LogP contribution in [0.25, 0.3) is 0 Å². The van der Waals surface area contributed by atoms with Crippen LogP contribution in [0.5, 0.6) is 11.5 Å². The summed E-state index contributed by atoms with van der Waals surface area (Å²) in [4.78, 5) is 0. The molecule has 0 saturated carbocycles. The van der Waals surface area contributed by atoms with Crippen molar-refractivity contribution in [2.24, 2.45) is 0 Å². The third-order valence-electron chi connectivity index (χ3n) is 2.80. The van der Waals surface area contributed by atoms with E-state index in [0.29, 0.717) is 11.6 Å². The van der Waals surface area contributed by atoms with Crippen LogP contribution in [0.15, 0.2) is 42.5 Å². The van der Waals surface area contributed by atoms with Crippen LogP contribution in [-0.4, -0.2) is 14.2 Å². The molecular weight excluding hydrogens is 262 g/mol. The fraction of sp³-hybridized carbons (Fsp3) is 0.200. The highest BCUT2D eigenvalue weighted by Gasteiger charge is 2.04. The lowest BCUT2D eigenvalue weighted by Crippen LogP contribution is -2.01. The van der Waals surface area contributed by atoms with Crippen molar-refractivity contribution < 1.29 is 9.47 Å². The molecule has 0 aliphatic heterocycles. The van der Waals surface area contributed by atoms with Crippen molar-refractivity contribution in [3.05, 3.63) is 53.1 Å². The van der Waals surface area contributed by atoms with E-state index in [1.165, 1.54) is 0 Å². The van der Waals surface area contributed by atoms with Crippen molar-refractivity contribution in [1.82, 2.24) is 0 Å². The highest BCUT2D eigenvalue weighted by Crippen LogP contribution is 2.24. The Bertz CT molecular complexity index is 558. The van der Waals surface area contributed by atoms with Crippen molar-refractivity contribution in [2.45, 2.75) is 6.54 Å². The van der Waals surface area contributed by atoms with Crippen LogP contribution in [0, 0.1) is 0 Å². The maximum atomic E-state index is 6.00. The SMILES string of the molecule is COc1cccc(NCc2cc(Cl)ccc2OC)c1. The molecule has 0 bridgehead atoms. The second-order valence-electron chi connectivity index (χ2n) is 4.04. The zero-order valence-electron chi connectivity index (χ0n) is 10.9. The maximum absolute atomic E-state index is 6.00. The van der Waals surface area contributed by atoms with E-state index in [9.17, 15) is 0 Å². The average molecular weight is 278 g/mol. The number of halogens is 1. The zero-order chi connectivity index (χ0) is 13.7. The van der Waals surface area contributed by atoms with E-state index in [0.717, 1.165) is 22.7 Å². The van der Waals surface area contributed by atoms with Gasteiger partial charge >= 0.3 is 0 Å². The van der Waals surface area contributed by atoms with Crippen LogP contribution in [0.2, 0.25) is 5.02 Å². The van der Waals surface area contributed by atoms with Crippen molar-refractivity contribution in [1.29, 1.82) is 0 Å². The fourth-order valence-corrected chi connectivity index (χ4v) is 2.01. The van der Waals surface area contributed by atoms with Gasteiger partial charge in [0.25, 0.3) is 0 Å². The molecule has 0 radical (unpaired) electrons. The molecule has 100 valence electrons. The van der Waals surface area contributed by atoms with E-state index < -0.39 is 0 Å². The van der Waals surface area contributed by atoms with Gasteiger partial charge in [-0.25, -0.2) is 0 Å². The van der Waals surface area contributed by atoms with Crippen LogP contribution < -0.4 is 14.8 Å². The smallest absolute Gasteiger partial charge is 0.123 e. The van der Waals surface area contributed by atoms with Crippen LogP contribution in [0.4, 0.5) is 5.69 Å². The third kappa shape index (κ3) is 3.55. The molecule has 19 heavy (non-hydrogen) atoms. The van der Waals surface area contributed by atoms with E-state index >= 15 is 0 Å². The first-order valence-electron chi connectivity index (χ1n) is 5.93. The Balaban J connectivity index is 2.11. The molecular formula is C15H16ClNO2. The van der Waals surface area contributed by atoms with Gasteiger partial charge in [0.1, 0.15) is 11.5 Å². The number of hydrogen-bond donors (Lipinski definition) is 1. The first-order chi connectivity index (χ1) is 9.22. The lowest BCUT2D eigenvalue weighted by atomic mass is 10.2. The number of rotatable bonds is 5. The Labute approximate surface area is 118 Å². The Kier molecular flexibility index (Phi) is 4.53. The van der Waals surface area contributed by atoms with E-state index in [1.807, 2.05) is 42.5 Å². The van der Waals surface area contributed by atoms with Gasteiger partial charge in [-0.1, -0.05) is 17.7 Å². The predicted octanol–water partition coefficient (Wildman–Crippen LogP) is 3.97. The number of anilines is 1. The first-order valence-corrected chi connectivity index (χ1v) is 6.31. The number of benzene rings is 2. The molecule has 0 aliphatic carbocycles. The summed E-state index contributed by atoms with van der Waals surface area (Å²) in [7, 11) is 3.30. The van der Waals surface area contributed by atoms with Gasteiger partial charge in [0, 0.05) is 28.9 Å². The number of nitrogens with one attached hydrogen (secondary N) is 1. The zero-order valence-corrected chi connectivity index (χ0v) is 11.7. The maximum Gasteiger partial charge on any atom is 0.123 e. The monoisotopic (exact) mass is 277 g/mol. The molecule has 0 amide bonds. The molecule has 2 aromatic rings. The first kappa shape index (κ1) is 13.6. The van der Waals surface area contributed by atoms with E-state index in [4.69, 9.17) is 21.1 Å². The van der Waals surface area contributed by atoms with Gasteiger partial charge in [-0.3, -0.25) is 0 Å². The Morgan fingerprint density at radius 1 is 1.05 bits per heavy atom. The van der Waals surface area contributed by atoms with Crippen molar-refractivity contribution >= 4 is 17.3 Å². The minimum atomic E-state index is 0.636. The molecule has 4 heteroatoms. The van der Waals surface area contributed by atoms with Crippen molar-refractivity contribution in [3.8, 4) is 11.5 Å². The topological polar surface area (TPSA) is 30.5 Å². The molecule has 0 saturated heterocycles. The van der Waals surface area contributed by atoms with Gasteiger partial charge in [-0.05, 0) is 30.3 Å². The largest absolute Gasteiger partial charge is 0.497 e. The molecule has 3 nitrogen and oxygen atoms in total. The highest BCUT2D eigenvalue weighted by molar-refractivity contribution is 6.30.